The monoisotopic (exact) mass is 417 g/mol. The predicted molar refractivity (Wildman–Crippen MR) is 99.3 cm³/mol. The average Bonchev–Trinajstić information content (AvgIpc) is 2.37. The number of hydrogen-bond donors (Lipinski definition) is 0. The van der Waals surface area contributed by atoms with Gasteiger partial charge in [0.1, 0.15) is 0 Å². The van der Waals surface area contributed by atoms with E-state index in [-0.39, 0.29) is 19.5 Å². The van der Waals surface area contributed by atoms with Crippen molar-refractivity contribution in [1.82, 2.24) is 0 Å². The molecule has 0 radical (unpaired) electrons. The van der Waals surface area contributed by atoms with Crippen molar-refractivity contribution in [1.29, 1.82) is 0 Å². The quantitative estimate of drug-likeness (QED) is 0.204. The van der Waals surface area contributed by atoms with Gasteiger partial charge in [0, 0.05) is 25.2 Å². The summed E-state index contributed by atoms with van der Waals surface area (Å²) in [6, 6.07) is 0. The standard InChI is InChI=1S/C16H35O2PS2.Zn/c1-15(2)11-7-5-9-13-18-19(17,20)21-14-10-6-8-12-16(3)4;/h15-16H,5-14H2,1-4H3,(H,17,20);/p-1. The van der Waals surface area contributed by atoms with Crippen molar-refractivity contribution in [2.45, 2.75) is 79.1 Å². The van der Waals surface area contributed by atoms with Crippen LogP contribution in [0.15, 0.2) is 0 Å². The fraction of sp³-hybridized carbons (Fsp3) is 1.00. The average molecular weight is 419 g/mol. The third-order valence-electron chi connectivity index (χ3n) is 3.35. The summed E-state index contributed by atoms with van der Waals surface area (Å²) in [6.07, 6.45) is 9.45. The van der Waals surface area contributed by atoms with Crippen LogP contribution in [-0.4, -0.2) is 12.4 Å². The largest absolute Gasteiger partial charge is 0.793 e. The van der Waals surface area contributed by atoms with Crippen LogP contribution in [0, 0.1) is 11.8 Å². The molecule has 22 heavy (non-hydrogen) atoms. The fourth-order valence-corrected chi connectivity index (χ4v) is 5.44. The van der Waals surface area contributed by atoms with Gasteiger partial charge in [-0.3, -0.25) is 0 Å². The van der Waals surface area contributed by atoms with Gasteiger partial charge in [0.25, 0.3) is 0 Å². The van der Waals surface area contributed by atoms with Crippen LogP contribution in [-0.2, 0) is 35.8 Å². The minimum absolute atomic E-state index is 0. The maximum Gasteiger partial charge on any atom is 0.0513 e. The van der Waals surface area contributed by atoms with Crippen LogP contribution >= 0.6 is 17.1 Å². The van der Waals surface area contributed by atoms with Crippen molar-refractivity contribution < 1.29 is 28.9 Å². The van der Waals surface area contributed by atoms with Crippen LogP contribution in [0.1, 0.15) is 79.1 Å². The van der Waals surface area contributed by atoms with Crippen LogP contribution in [0.3, 0.4) is 0 Å². The molecule has 1 unspecified atom stereocenters. The third kappa shape index (κ3) is 19.6. The zero-order chi connectivity index (χ0) is 16.1. The Balaban J connectivity index is 0. The minimum Gasteiger partial charge on any atom is -0.793 e. The maximum absolute atomic E-state index is 12.1. The Bertz CT molecular complexity index is 265. The second-order valence-electron chi connectivity index (χ2n) is 6.60. The van der Waals surface area contributed by atoms with Gasteiger partial charge >= 0.3 is 0 Å². The molecule has 0 spiro atoms. The van der Waals surface area contributed by atoms with E-state index in [2.05, 4.69) is 27.7 Å². The van der Waals surface area contributed by atoms with Crippen LogP contribution in [0.5, 0.6) is 0 Å². The first-order chi connectivity index (χ1) is 9.83. The predicted octanol–water partition coefficient (Wildman–Crippen LogP) is 5.75. The molecule has 0 saturated heterocycles. The van der Waals surface area contributed by atoms with E-state index in [9.17, 15) is 4.89 Å². The van der Waals surface area contributed by atoms with Crippen molar-refractivity contribution in [3.8, 4) is 0 Å². The molecule has 0 aromatic rings. The summed E-state index contributed by atoms with van der Waals surface area (Å²) < 4.78 is 5.41. The molecule has 0 fully saturated rings. The van der Waals surface area contributed by atoms with Crippen molar-refractivity contribution in [2.75, 3.05) is 12.4 Å². The molecule has 0 aliphatic carbocycles. The second-order valence-corrected chi connectivity index (χ2v) is 12.8. The zero-order valence-corrected chi connectivity index (χ0v) is 20.5. The first-order valence-electron chi connectivity index (χ1n) is 8.43. The van der Waals surface area contributed by atoms with Gasteiger partial charge in [-0.05, 0) is 30.4 Å². The van der Waals surface area contributed by atoms with E-state index in [1.807, 2.05) is 0 Å². The smallest absolute Gasteiger partial charge is 0.0513 e. The van der Waals surface area contributed by atoms with Gasteiger partial charge in [-0.25, -0.2) is 0 Å². The van der Waals surface area contributed by atoms with E-state index in [0.717, 1.165) is 36.9 Å². The van der Waals surface area contributed by atoms with Crippen molar-refractivity contribution in [3.63, 3.8) is 0 Å². The summed E-state index contributed by atoms with van der Waals surface area (Å²) in [4.78, 5) is 12.1. The molecule has 0 heterocycles. The summed E-state index contributed by atoms with van der Waals surface area (Å²) in [5, 5.41) is 0. The molecule has 0 aliphatic rings. The zero-order valence-electron chi connectivity index (χ0n) is 15.0. The Hall–Kier alpha value is 1.54. The number of unbranched alkanes of at least 4 members (excludes halogenated alkanes) is 4. The topological polar surface area (TPSA) is 32.3 Å². The Labute approximate surface area is 160 Å². The molecule has 0 rings (SSSR count). The number of hydrogen-bond acceptors (Lipinski definition) is 4. The van der Waals surface area contributed by atoms with Crippen molar-refractivity contribution in [2.24, 2.45) is 11.8 Å². The summed E-state index contributed by atoms with van der Waals surface area (Å²) in [7, 11) is 0. The van der Waals surface area contributed by atoms with Gasteiger partial charge < -0.3 is 9.42 Å². The van der Waals surface area contributed by atoms with Gasteiger partial charge in [0.15, 0.2) is 0 Å². The Morgan fingerprint density at radius 3 is 1.91 bits per heavy atom. The summed E-state index contributed by atoms with van der Waals surface area (Å²) in [5.41, 5.74) is -2.83. The molecule has 1 atom stereocenters. The fourth-order valence-electron chi connectivity index (χ4n) is 2.05. The first-order valence-corrected chi connectivity index (χ1v) is 12.7. The first kappa shape index (κ1) is 25.8. The van der Waals surface area contributed by atoms with E-state index in [1.54, 1.807) is 0 Å². The van der Waals surface area contributed by atoms with Crippen LogP contribution < -0.4 is 4.89 Å². The van der Waals surface area contributed by atoms with Gasteiger partial charge in [-0.1, -0.05) is 78.0 Å². The molecular formula is C16H34O2PS2Zn-. The molecule has 130 valence electrons. The number of rotatable bonds is 14. The summed E-state index contributed by atoms with van der Waals surface area (Å²) >= 11 is 6.43. The summed E-state index contributed by atoms with van der Waals surface area (Å²) in [5.74, 6) is 2.41. The Kier molecular flexibility index (Phi) is 18.8. The molecule has 0 aromatic carbocycles. The van der Waals surface area contributed by atoms with Gasteiger partial charge in [-0.2, -0.15) is 0 Å². The third-order valence-corrected chi connectivity index (χ3v) is 7.71. The second kappa shape index (κ2) is 16.0. The molecule has 0 aliphatic heterocycles. The molecule has 2 nitrogen and oxygen atoms in total. The molecule has 0 amide bonds. The molecule has 0 saturated carbocycles. The van der Waals surface area contributed by atoms with E-state index in [0.29, 0.717) is 6.61 Å². The van der Waals surface area contributed by atoms with E-state index >= 15 is 0 Å². The Morgan fingerprint density at radius 2 is 1.41 bits per heavy atom. The van der Waals surface area contributed by atoms with Gasteiger partial charge in [-0.15, -0.1) is 11.4 Å². The summed E-state index contributed by atoms with van der Waals surface area (Å²) in [6.45, 7) is 9.54. The molecule has 0 aromatic heterocycles. The van der Waals surface area contributed by atoms with Gasteiger partial charge in [0.05, 0.1) is 6.61 Å². The molecule has 0 N–H and O–H groups in total. The van der Waals surface area contributed by atoms with Crippen LogP contribution in [0.2, 0.25) is 0 Å². The molecule has 6 heteroatoms. The maximum atomic E-state index is 12.1. The van der Waals surface area contributed by atoms with E-state index < -0.39 is 5.69 Å². The van der Waals surface area contributed by atoms with Crippen LogP contribution in [0.25, 0.3) is 0 Å². The van der Waals surface area contributed by atoms with E-state index in [1.165, 1.54) is 43.5 Å². The molecule has 0 bridgehead atoms. The van der Waals surface area contributed by atoms with Crippen LogP contribution in [0.4, 0.5) is 0 Å². The SMILES string of the molecule is CC(C)CCCCCOP([O-])(=S)SCCCCCC(C)C.[Zn]. The minimum atomic E-state index is -2.83. The van der Waals surface area contributed by atoms with E-state index in [4.69, 9.17) is 16.3 Å². The van der Waals surface area contributed by atoms with Crippen molar-refractivity contribution in [3.05, 3.63) is 0 Å². The normalized spacial score (nSPS) is 14.1. The Morgan fingerprint density at radius 1 is 0.909 bits per heavy atom. The van der Waals surface area contributed by atoms with Crippen molar-refractivity contribution >= 4 is 28.9 Å². The molecular weight excluding hydrogens is 385 g/mol. The van der Waals surface area contributed by atoms with Gasteiger partial charge in [0.2, 0.25) is 0 Å².